The highest BCUT2D eigenvalue weighted by Gasteiger charge is 2.37. The quantitative estimate of drug-likeness (QED) is 0.196. The molecule has 1 aromatic heterocycles. The van der Waals surface area contributed by atoms with Gasteiger partial charge in [0.2, 0.25) is 0 Å². The lowest BCUT2D eigenvalue weighted by atomic mass is 9.85. The second-order valence-electron chi connectivity index (χ2n) is 12.6. The second-order valence-corrected chi connectivity index (χ2v) is 13.8. The number of nitrogens with zero attached hydrogens (tertiary/aromatic N) is 1. The predicted molar refractivity (Wildman–Crippen MR) is 184 cm³/mol. The summed E-state index contributed by atoms with van der Waals surface area (Å²) in [5.41, 5.74) is 9.36. The lowest BCUT2D eigenvalue weighted by molar-refractivity contribution is 0.0898. The van der Waals surface area contributed by atoms with Crippen molar-refractivity contribution in [3.8, 4) is 0 Å². The monoisotopic (exact) mass is 668 g/mol. The fourth-order valence-corrected chi connectivity index (χ4v) is 7.70. The van der Waals surface area contributed by atoms with Gasteiger partial charge in [-0.25, -0.2) is 0 Å². The van der Waals surface area contributed by atoms with Gasteiger partial charge in [0.05, 0.1) is 5.54 Å². The summed E-state index contributed by atoms with van der Waals surface area (Å²) in [6.07, 6.45) is 11.9. The number of benzene rings is 3. The molecular formula is C38H41IN2O. The third-order valence-corrected chi connectivity index (χ3v) is 10.7. The molecule has 1 heterocycles. The summed E-state index contributed by atoms with van der Waals surface area (Å²) >= 11 is 2.47. The number of carbonyl (C=O) groups excluding carboxylic acids is 1. The van der Waals surface area contributed by atoms with Crippen LogP contribution in [0.5, 0.6) is 0 Å². The first-order valence-electron chi connectivity index (χ1n) is 15.4. The van der Waals surface area contributed by atoms with E-state index in [1.165, 1.54) is 42.6 Å². The second kappa shape index (κ2) is 11.9. The van der Waals surface area contributed by atoms with Crippen LogP contribution >= 0.6 is 22.6 Å². The minimum Gasteiger partial charge on any atom is -0.343 e. The molecule has 4 heteroatoms. The van der Waals surface area contributed by atoms with Gasteiger partial charge in [-0.05, 0) is 111 Å². The Morgan fingerprint density at radius 3 is 2.50 bits per heavy atom. The molecule has 4 aromatic rings. The zero-order valence-electron chi connectivity index (χ0n) is 25.2. The van der Waals surface area contributed by atoms with Gasteiger partial charge in [0.15, 0.2) is 0 Å². The van der Waals surface area contributed by atoms with Crippen LogP contribution in [0.1, 0.15) is 102 Å². The Bertz CT molecular complexity index is 1680. The summed E-state index contributed by atoms with van der Waals surface area (Å²) < 4.78 is 3.79. The van der Waals surface area contributed by atoms with Crippen molar-refractivity contribution < 1.29 is 4.79 Å². The van der Waals surface area contributed by atoms with Gasteiger partial charge in [0, 0.05) is 34.6 Å². The topological polar surface area (TPSA) is 34.0 Å². The van der Waals surface area contributed by atoms with E-state index in [1.54, 1.807) is 0 Å². The van der Waals surface area contributed by atoms with Crippen LogP contribution in [0.4, 0.5) is 0 Å². The number of carbonyl (C=O) groups is 1. The lowest BCUT2D eigenvalue weighted by Crippen LogP contribution is -2.43. The highest BCUT2D eigenvalue weighted by atomic mass is 127. The van der Waals surface area contributed by atoms with E-state index in [-0.39, 0.29) is 11.4 Å². The van der Waals surface area contributed by atoms with E-state index in [4.69, 9.17) is 0 Å². The van der Waals surface area contributed by atoms with Gasteiger partial charge in [0.25, 0.3) is 5.91 Å². The SMILES string of the molecule is Cc1c(C)n(Cc2ccc(C3CC=CC=C3I)cc2)c2ccc(C(=O)NC3(c4cccc(C(C)C)c4)CCCC3)cc12. The fraction of sp³-hybridized carbons (Fsp3) is 0.342. The lowest BCUT2D eigenvalue weighted by Gasteiger charge is -2.32. The summed E-state index contributed by atoms with van der Waals surface area (Å²) in [5.74, 6) is 0.952. The summed E-state index contributed by atoms with van der Waals surface area (Å²) in [7, 11) is 0. The number of aromatic nitrogens is 1. The Morgan fingerprint density at radius 1 is 1.02 bits per heavy atom. The van der Waals surface area contributed by atoms with Crippen molar-refractivity contribution in [3.63, 3.8) is 0 Å². The molecule has 1 atom stereocenters. The average Bonchev–Trinajstić information content (AvgIpc) is 3.57. The Hall–Kier alpha value is -3.12. The number of hydrogen-bond donors (Lipinski definition) is 1. The van der Waals surface area contributed by atoms with Crippen molar-refractivity contribution >= 4 is 39.4 Å². The smallest absolute Gasteiger partial charge is 0.251 e. The largest absolute Gasteiger partial charge is 0.343 e. The van der Waals surface area contributed by atoms with E-state index < -0.39 is 0 Å². The van der Waals surface area contributed by atoms with Gasteiger partial charge in [-0.3, -0.25) is 4.79 Å². The van der Waals surface area contributed by atoms with E-state index in [2.05, 4.69) is 139 Å². The molecule has 0 spiro atoms. The van der Waals surface area contributed by atoms with Gasteiger partial charge in [-0.2, -0.15) is 0 Å². The molecule has 1 fully saturated rings. The van der Waals surface area contributed by atoms with Crippen LogP contribution < -0.4 is 5.32 Å². The Labute approximate surface area is 264 Å². The van der Waals surface area contributed by atoms with E-state index >= 15 is 0 Å². The molecule has 3 aromatic carbocycles. The van der Waals surface area contributed by atoms with Crippen molar-refractivity contribution in [3.05, 3.63) is 128 Å². The van der Waals surface area contributed by atoms with Crippen LogP contribution in [0, 0.1) is 13.8 Å². The first-order valence-corrected chi connectivity index (χ1v) is 16.5. The number of aryl methyl sites for hydroxylation is 1. The number of rotatable bonds is 7. The maximum Gasteiger partial charge on any atom is 0.251 e. The third kappa shape index (κ3) is 5.50. The van der Waals surface area contributed by atoms with E-state index in [9.17, 15) is 4.79 Å². The molecule has 216 valence electrons. The van der Waals surface area contributed by atoms with Gasteiger partial charge in [0.1, 0.15) is 0 Å². The Kier molecular flexibility index (Phi) is 8.19. The van der Waals surface area contributed by atoms with Gasteiger partial charge in [-0.1, -0.05) is 93.4 Å². The molecule has 42 heavy (non-hydrogen) atoms. The van der Waals surface area contributed by atoms with Crippen molar-refractivity contribution in [2.75, 3.05) is 0 Å². The maximum absolute atomic E-state index is 13.8. The van der Waals surface area contributed by atoms with Crippen LogP contribution in [0.3, 0.4) is 0 Å². The average molecular weight is 669 g/mol. The molecule has 0 saturated heterocycles. The minimum atomic E-state index is -0.290. The molecule has 2 aliphatic rings. The number of nitrogens with one attached hydrogen (secondary N) is 1. The highest BCUT2D eigenvalue weighted by molar-refractivity contribution is 14.1. The van der Waals surface area contributed by atoms with Crippen LogP contribution in [0.25, 0.3) is 10.9 Å². The summed E-state index contributed by atoms with van der Waals surface area (Å²) in [4.78, 5) is 13.8. The first-order chi connectivity index (χ1) is 20.3. The normalized spacial score (nSPS) is 18.0. The van der Waals surface area contributed by atoms with E-state index in [1.807, 2.05) is 6.07 Å². The summed E-state index contributed by atoms with van der Waals surface area (Å²) in [6.45, 7) is 9.65. The molecule has 1 N–H and O–H groups in total. The van der Waals surface area contributed by atoms with Crippen molar-refractivity contribution in [1.82, 2.24) is 9.88 Å². The molecule has 3 nitrogen and oxygen atoms in total. The molecule has 1 saturated carbocycles. The Morgan fingerprint density at radius 2 is 1.79 bits per heavy atom. The molecule has 2 aliphatic carbocycles. The number of allylic oxidation sites excluding steroid dienone is 4. The standard InChI is InChI=1S/C38H41IN2O/c1-25(2)30-10-9-11-32(22-30)38(20-7-8-21-38)40-37(42)31-18-19-36-34(23-31)26(3)27(4)41(36)24-28-14-16-29(17-15-28)33-12-5-6-13-35(33)39/h5-6,9-11,13-19,22-23,25,33H,7-8,12,20-21,24H2,1-4H3,(H,40,42). The predicted octanol–water partition coefficient (Wildman–Crippen LogP) is 9.99. The summed E-state index contributed by atoms with van der Waals surface area (Å²) in [5, 5.41) is 4.68. The first kappa shape index (κ1) is 29.0. The minimum absolute atomic E-state index is 0.0235. The number of halogens is 1. The van der Waals surface area contributed by atoms with Gasteiger partial charge < -0.3 is 9.88 Å². The zero-order chi connectivity index (χ0) is 29.4. The Balaban J connectivity index is 1.25. The van der Waals surface area contributed by atoms with Crippen LogP contribution in [-0.2, 0) is 12.1 Å². The molecule has 0 aliphatic heterocycles. The number of fused-ring (bicyclic) bond motifs is 1. The highest BCUT2D eigenvalue weighted by Crippen LogP contribution is 2.40. The summed E-state index contributed by atoms with van der Waals surface area (Å²) in [6, 6.07) is 24.2. The van der Waals surface area contributed by atoms with E-state index in [0.29, 0.717) is 11.8 Å². The van der Waals surface area contributed by atoms with Crippen molar-refractivity contribution in [2.24, 2.45) is 0 Å². The van der Waals surface area contributed by atoms with Crippen LogP contribution in [0.15, 0.2) is 88.5 Å². The number of hydrogen-bond acceptors (Lipinski definition) is 1. The molecule has 0 bridgehead atoms. The van der Waals surface area contributed by atoms with Crippen LogP contribution in [0.2, 0.25) is 0 Å². The van der Waals surface area contributed by atoms with Crippen molar-refractivity contribution in [1.29, 1.82) is 0 Å². The molecule has 6 rings (SSSR count). The maximum atomic E-state index is 13.8. The van der Waals surface area contributed by atoms with Crippen LogP contribution in [-0.4, -0.2) is 10.5 Å². The number of amides is 1. The molecule has 1 unspecified atom stereocenters. The van der Waals surface area contributed by atoms with Crippen molar-refractivity contribution in [2.45, 2.75) is 83.7 Å². The molecule has 1 amide bonds. The van der Waals surface area contributed by atoms with E-state index in [0.717, 1.165) is 49.6 Å². The molecular weight excluding hydrogens is 627 g/mol. The fourth-order valence-electron chi connectivity index (χ4n) is 6.88. The van der Waals surface area contributed by atoms with Gasteiger partial charge >= 0.3 is 0 Å². The molecule has 0 radical (unpaired) electrons. The third-order valence-electron chi connectivity index (χ3n) is 9.64. The van der Waals surface area contributed by atoms with Gasteiger partial charge in [-0.15, -0.1) is 0 Å². The zero-order valence-corrected chi connectivity index (χ0v) is 27.4.